The molecule has 2 aliphatic carbocycles. The molecular formula is C19H37N3OSi. The molecule has 0 aromatic heterocycles. The van der Waals surface area contributed by atoms with E-state index in [2.05, 4.69) is 57.7 Å². The van der Waals surface area contributed by atoms with E-state index in [1.807, 2.05) is 0 Å². The van der Waals surface area contributed by atoms with Crippen molar-refractivity contribution in [3.05, 3.63) is 10.4 Å². The first-order chi connectivity index (χ1) is 11.0. The van der Waals surface area contributed by atoms with Crippen LogP contribution in [0.1, 0.15) is 66.7 Å². The van der Waals surface area contributed by atoms with E-state index in [9.17, 15) is 0 Å². The smallest absolute Gasteiger partial charge is 0.192 e. The molecule has 0 aromatic rings. The van der Waals surface area contributed by atoms with Crippen LogP contribution < -0.4 is 0 Å². The number of fused-ring (bicyclic) bond motifs is 1. The Morgan fingerprint density at radius 2 is 1.96 bits per heavy atom. The topological polar surface area (TPSA) is 58.0 Å². The van der Waals surface area contributed by atoms with Crippen LogP contribution in [0.2, 0.25) is 18.1 Å². The molecular weight excluding hydrogens is 314 g/mol. The van der Waals surface area contributed by atoms with Crippen LogP contribution in [0, 0.1) is 23.2 Å². The highest BCUT2D eigenvalue weighted by Crippen LogP contribution is 2.59. The molecule has 0 bridgehead atoms. The first-order valence-electron chi connectivity index (χ1n) is 9.71. The normalized spacial score (nSPS) is 35.2. The van der Waals surface area contributed by atoms with E-state index in [1.54, 1.807) is 0 Å². The lowest BCUT2D eigenvalue weighted by atomic mass is 9.62. The fraction of sp³-hybridized carbons (Fsp3) is 1.00. The molecule has 0 heterocycles. The third-order valence-corrected chi connectivity index (χ3v) is 12.0. The molecule has 138 valence electrons. The fourth-order valence-electron chi connectivity index (χ4n) is 5.08. The number of hydrogen-bond donors (Lipinski definition) is 0. The van der Waals surface area contributed by atoms with Gasteiger partial charge in [-0.2, -0.15) is 0 Å². The second kappa shape index (κ2) is 7.01. The van der Waals surface area contributed by atoms with Gasteiger partial charge in [0.15, 0.2) is 8.32 Å². The molecule has 2 rings (SSSR count). The maximum atomic E-state index is 8.64. The molecule has 0 aromatic carbocycles. The van der Waals surface area contributed by atoms with Crippen molar-refractivity contribution in [3.8, 4) is 0 Å². The maximum Gasteiger partial charge on any atom is 0.192 e. The van der Waals surface area contributed by atoms with Crippen LogP contribution in [-0.2, 0) is 4.43 Å². The van der Waals surface area contributed by atoms with E-state index in [-0.39, 0.29) is 5.04 Å². The summed E-state index contributed by atoms with van der Waals surface area (Å²) in [4.78, 5) is 2.97. The zero-order chi connectivity index (χ0) is 18.2. The lowest BCUT2D eigenvalue weighted by Crippen LogP contribution is -2.50. The summed E-state index contributed by atoms with van der Waals surface area (Å²) in [5, 5.41) is 4.12. The highest BCUT2D eigenvalue weighted by Gasteiger charge is 2.54. The number of rotatable bonds is 5. The quantitative estimate of drug-likeness (QED) is 0.240. The van der Waals surface area contributed by atoms with Crippen LogP contribution in [0.25, 0.3) is 10.4 Å². The molecule has 0 amide bonds. The van der Waals surface area contributed by atoms with Crippen LogP contribution in [0.3, 0.4) is 0 Å². The Balaban J connectivity index is 2.16. The molecule has 0 spiro atoms. The predicted octanol–water partition coefficient (Wildman–Crippen LogP) is 6.54. The lowest BCUT2D eigenvalue weighted by molar-refractivity contribution is -0.0194. The minimum Gasteiger partial charge on any atom is -0.414 e. The van der Waals surface area contributed by atoms with Gasteiger partial charge in [0, 0.05) is 17.6 Å². The maximum absolute atomic E-state index is 8.64. The third kappa shape index (κ3) is 3.68. The van der Waals surface area contributed by atoms with Crippen LogP contribution in [0.15, 0.2) is 5.11 Å². The van der Waals surface area contributed by atoms with Crippen molar-refractivity contribution >= 4 is 8.32 Å². The van der Waals surface area contributed by atoms with Gasteiger partial charge < -0.3 is 4.43 Å². The van der Waals surface area contributed by atoms with Crippen LogP contribution in [0.4, 0.5) is 0 Å². The number of azide groups is 1. The van der Waals surface area contributed by atoms with Gasteiger partial charge in [-0.25, -0.2) is 0 Å². The second-order valence-corrected chi connectivity index (χ2v) is 14.8. The van der Waals surface area contributed by atoms with Gasteiger partial charge in [0.05, 0.1) is 0 Å². The summed E-state index contributed by atoms with van der Waals surface area (Å²) >= 11 is 0. The Bertz CT molecular complexity index is 495. The Morgan fingerprint density at radius 1 is 1.29 bits per heavy atom. The molecule has 0 radical (unpaired) electrons. The fourth-order valence-corrected chi connectivity index (χ4v) is 6.48. The third-order valence-electron chi connectivity index (χ3n) is 7.51. The molecule has 5 atom stereocenters. The van der Waals surface area contributed by atoms with Crippen molar-refractivity contribution in [2.45, 2.75) is 91.0 Å². The predicted molar refractivity (Wildman–Crippen MR) is 103 cm³/mol. The minimum atomic E-state index is -1.72. The molecule has 0 aliphatic heterocycles. The van der Waals surface area contributed by atoms with Gasteiger partial charge in [-0.1, -0.05) is 46.2 Å². The van der Waals surface area contributed by atoms with Crippen LogP contribution >= 0.6 is 0 Å². The molecule has 24 heavy (non-hydrogen) atoms. The van der Waals surface area contributed by atoms with Gasteiger partial charge in [0.25, 0.3) is 0 Å². The molecule has 2 saturated carbocycles. The molecule has 0 saturated heterocycles. The monoisotopic (exact) mass is 351 g/mol. The summed E-state index contributed by atoms with van der Waals surface area (Å²) in [7, 11) is -1.72. The largest absolute Gasteiger partial charge is 0.414 e. The van der Waals surface area contributed by atoms with Crippen LogP contribution in [0.5, 0.6) is 0 Å². The summed E-state index contributed by atoms with van der Waals surface area (Å²) in [6.45, 7) is 17.2. The van der Waals surface area contributed by atoms with Gasteiger partial charge in [-0.3, -0.25) is 0 Å². The van der Waals surface area contributed by atoms with Gasteiger partial charge in [-0.15, -0.1) is 0 Å². The highest BCUT2D eigenvalue weighted by molar-refractivity contribution is 6.74. The first kappa shape index (κ1) is 19.8. The van der Waals surface area contributed by atoms with Crippen molar-refractivity contribution in [2.75, 3.05) is 6.54 Å². The Kier molecular flexibility index (Phi) is 5.78. The van der Waals surface area contributed by atoms with E-state index in [4.69, 9.17) is 9.96 Å². The molecule has 0 N–H and O–H groups in total. The van der Waals surface area contributed by atoms with Crippen molar-refractivity contribution in [1.29, 1.82) is 0 Å². The molecule has 2 fully saturated rings. The average Bonchev–Trinajstić information content (AvgIpc) is 2.81. The van der Waals surface area contributed by atoms with E-state index >= 15 is 0 Å². The number of nitrogens with zero attached hydrogens (tertiary/aromatic N) is 3. The molecule has 2 aliphatic rings. The Morgan fingerprint density at radius 3 is 2.54 bits per heavy atom. The van der Waals surface area contributed by atoms with Gasteiger partial charge >= 0.3 is 0 Å². The summed E-state index contributed by atoms with van der Waals surface area (Å²) in [5.41, 5.74) is 9.00. The van der Waals surface area contributed by atoms with Crippen molar-refractivity contribution in [1.82, 2.24) is 0 Å². The molecule has 1 unspecified atom stereocenters. The first-order valence-corrected chi connectivity index (χ1v) is 12.6. The highest BCUT2D eigenvalue weighted by atomic mass is 28.4. The van der Waals surface area contributed by atoms with Gasteiger partial charge in [0.2, 0.25) is 0 Å². The van der Waals surface area contributed by atoms with Crippen molar-refractivity contribution in [2.24, 2.45) is 28.3 Å². The van der Waals surface area contributed by atoms with E-state index < -0.39 is 8.32 Å². The molecule has 4 nitrogen and oxygen atoms in total. The zero-order valence-corrected chi connectivity index (χ0v) is 17.8. The second-order valence-electron chi connectivity index (χ2n) is 10.00. The van der Waals surface area contributed by atoms with Gasteiger partial charge in [-0.05, 0) is 72.5 Å². The summed E-state index contributed by atoms with van der Waals surface area (Å²) < 4.78 is 6.89. The SMILES string of the molecule is C[C@H](CN=[N+]=[N-])C1CC[C@H]2[C@@H](O[Si](C)(C)C(C)(C)C)CCC[C@]12C. The Labute approximate surface area is 149 Å². The van der Waals surface area contributed by atoms with Crippen molar-refractivity contribution in [3.63, 3.8) is 0 Å². The summed E-state index contributed by atoms with van der Waals surface area (Å²) in [6, 6.07) is 0. The van der Waals surface area contributed by atoms with Crippen LogP contribution in [-0.4, -0.2) is 21.0 Å². The zero-order valence-electron chi connectivity index (χ0n) is 16.8. The Hall–Kier alpha value is -0.513. The van der Waals surface area contributed by atoms with Crippen molar-refractivity contribution < 1.29 is 4.43 Å². The number of hydrogen-bond acceptors (Lipinski definition) is 2. The van der Waals surface area contributed by atoms with E-state index in [0.717, 1.165) is 0 Å². The van der Waals surface area contributed by atoms with E-state index in [0.29, 0.717) is 35.8 Å². The average molecular weight is 352 g/mol. The van der Waals surface area contributed by atoms with Gasteiger partial charge in [0.1, 0.15) is 0 Å². The lowest BCUT2D eigenvalue weighted by Gasteiger charge is -2.49. The minimum absolute atomic E-state index is 0.271. The summed E-state index contributed by atoms with van der Waals surface area (Å²) in [5.74, 6) is 1.82. The standard InChI is InChI=1S/C19H37N3OSi/c1-14(13-21-22-20)15-10-11-16-17(9-8-12-19(15,16)5)23-24(6,7)18(2,3)4/h14-17H,8-13H2,1-7H3/t14-,15?,16+,17+,19-/m1/s1. The van der Waals surface area contributed by atoms with E-state index in [1.165, 1.54) is 32.1 Å². The molecule has 5 heteroatoms. The summed E-state index contributed by atoms with van der Waals surface area (Å²) in [6.07, 6.45) is 6.78.